The summed E-state index contributed by atoms with van der Waals surface area (Å²) in [5, 5.41) is 2.44. The van der Waals surface area contributed by atoms with Crippen LogP contribution in [0.1, 0.15) is 6.92 Å². The zero-order valence-corrected chi connectivity index (χ0v) is 6.34. The fourth-order valence-corrected chi connectivity index (χ4v) is 1.64. The van der Waals surface area contributed by atoms with Gasteiger partial charge in [0.2, 0.25) is 14.2 Å². The fourth-order valence-electron chi connectivity index (χ4n) is 0.462. The van der Waals surface area contributed by atoms with Gasteiger partial charge in [-0.25, -0.2) is 8.42 Å². The highest BCUT2D eigenvalue weighted by atomic mass is 32.2. The van der Waals surface area contributed by atoms with Gasteiger partial charge in [0.15, 0.2) is 0 Å². The van der Waals surface area contributed by atoms with Crippen molar-refractivity contribution in [1.29, 1.82) is 0 Å². The second-order valence-electron chi connectivity index (χ2n) is 1.69. The highest BCUT2D eigenvalue weighted by Crippen LogP contribution is 2.11. The second-order valence-corrected chi connectivity index (χ2v) is 4.42. The predicted molar refractivity (Wildman–Crippen MR) is 38.4 cm³/mol. The monoisotopic (exact) mass is 163 g/mol. The lowest BCUT2D eigenvalue weighted by Crippen LogP contribution is -2.16. The molecule has 0 atom stereocenters. The first-order valence-corrected chi connectivity index (χ1v) is 4.16. The number of hydrogen-bond donors (Lipinski definition) is 1. The van der Waals surface area contributed by atoms with E-state index >= 15 is 0 Å². The van der Waals surface area contributed by atoms with Gasteiger partial charge in [-0.2, -0.15) is 0 Å². The number of nitrogens with one attached hydrogen (secondary N) is 1. The van der Waals surface area contributed by atoms with Crippen LogP contribution in [-0.2, 0) is 9.84 Å². The maximum Gasteiger partial charge on any atom is 0.229 e. The summed E-state index contributed by atoms with van der Waals surface area (Å²) in [5.41, 5.74) is 0. The van der Waals surface area contributed by atoms with E-state index in [1.807, 2.05) is 0 Å². The van der Waals surface area contributed by atoms with Crippen LogP contribution in [0.2, 0.25) is 0 Å². The van der Waals surface area contributed by atoms with Crippen molar-refractivity contribution in [2.45, 2.75) is 6.92 Å². The summed E-state index contributed by atoms with van der Waals surface area (Å²) in [7, 11) is -3.22. The molecule has 5 heteroatoms. The zero-order valence-electron chi connectivity index (χ0n) is 4.71. The molecule has 0 saturated carbocycles. The van der Waals surface area contributed by atoms with E-state index in [0.29, 0.717) is 0 Å². The lowest BCUT2D eigenvalue weighted by atomic mass is 10.7. The van der Waals surface area contributed by atoms with Crippen LogP contribution in [0.3, 0.4) is 0 Å². The molecule has 3 nitrogen and oxygen atoms in total. The first-order chi connectivity index (χ1) is 4.05. The van der Waals surface area contributed by atoms with Gasteiger partial charge in [0, 0.05) is 6.20 Å². The Balaban J connectivity index is 3.25. The van der Waals surface area contributed by atoms with Crippen LogP contribution in [-0.4, -0.2) is 12.7 Å². The molecule has 1 aliphatic heterocycles. The minimum Gasteiger partial charge on any atom is -0.342 e. The van der Waals surface area contributed by atoms with Crippen molar-refractivity contribution in [1.82, 2.24) is 5.32 Å². The van der Waals surface area contributed by atoms with E-state index in [1.54, 1.807) is 0 Å². The van der Waals surface area contributed by atoms with E-state index in [-0.39, 0.29) is 9.23 Å². The lowest BCUT2D eigenvalue weighted by Gasteiger charge is -1.90. The average molecular weight is 163 g/mol. The molecule has 0 saturated heterocycles. The normalized spacial score (nSPS) is 23.2. The molecule has 0 aromatic rings. The van der Waals surface area contributed by atoms with Gasteiger partial charge < -0.3 is 5.32 Å². The first kappa shape index (κ1) is 6.70. The summed E-state index contributed by atoms with van der Waals surface area (Å²) in [4.78, 5) is 0.285. The summed E-state index contributed by atoms with van der Waals surface area (Å²) in [6.07, 6.45) is 1.39. The molecule has 1 heterocycles. The summed E-state index contributed by atoms with van der Waals surface area (Å²) >= 11 is 4.48. The molecule has 1 N–H and O–H groups in total. The van der Waals surface area contributed by atoms with E-state index in [2.05, 4.69) is 17.5 Å². The van der Waals surface area contributed by atoms with Gasteiger partial charge in [0.25, 0.3) is 0 Å². The SMILES string of the molecule is CC1=CNC(=S)S1(=O)=O. The summed E-state index contributed by atoms with van der Waals surface area (Å²) in [6.45, 7) is 1.50. The van der Waals surface area contributed by atoms with Crippen LogP contribution in [0, 0.1) is 0 Å². The molecule has 0 unspecified atom stereocenters. The Morgan fingerprint density at radius 3 is 2.33 bits per heavy atom. The van der Waals surface area contributed by atoms with Crippen molar-refractivity contribution in [2.75, 3.05) is 0 Å². The van der Waals surface area contributed by atoms with Crippen LogP contribution in [0.4, 0.5) is 0 Å². The topological polar surface area (TPSA) is 46.2 Å². The third-order valence-electron chi connectivity index (χ3n) is 1.06. The van der Waals surface area contributed by atoms with Crippen LogP contribution in [0.15, 0.2) is 11.1 Å². The third-order valence-corrected chi connectivity index (χ3v) is 3.41. The maximum atomic E-state index is 10.8. The van der Waals surface area contributed by atoms with Crippen LogP contribution >= 0.6 is 12.2 Å². The molecule has 0 bridgehead atoms. The Morgan fingerprint density at radius 2 is 2.22 bits per heavy atom. The number of thiocarbonyl (C=S) groups is 1. The Morgan fingerprint density at radius 1 is 1.67 bits per heavy atom. The van der Waals surface area contributed by atoms with E-state index in [9.17, 15) is 8.42 Å². The standard InChI is InChI=1S/C4H5NO2S2/c1-3-2-5-4(8)9(3,6)7/h2H,1H3,(H,5,8). The minimum absolute atomic E-state index is 0.0972. The Kier molecular flexibility index (Phi) is 1.32. The van der Waals surface area contributed by atoms with Crippen molar-refractivity contribution in [3.63, 3.8) is 0 Å². The van der Waals surface area contributed by atoms with Gasteiger partial charge in [0.1, 0.15) is 0 Å². The molecular weight excluding hydrogens is 158 g/mol. The Hall–Kier alpha value is -0.420. The van der Waals surface area contributed by atoms with Crippen molar-refractivity contribution < 1.29 is 8.42 Å². The quantitative estimate of drug-likeness (QED) is 0.516. The molecular formula is C4H5NO2S2. The fraction of sp³-hybridized carbons (Fsp3) is 0.250. The van der Waals surface area contributed by atoms with Gasteiger partial charge >= 0.3 is 0 Å². The third kappa shape index (κ3) is 0.859. The number of allylic oxidation sites excluding steroid dienone is 1. The summed E-state index contributed by atoms with van der Waals surface area (Å²) in [5.74, 6) is 0. The molecule has 0 aliphatic carbocycles. The molecule has 1 aliphatic rings. The summed E-state index contributed by atoms with van der Waals surface area (Å²) < 4.78 is 21.5. The zero-order chi connectivity index (χ0) is 7.07. The number of sulfone groups is 1. The maximum absolute atomic E-state index is 10.8. The molecule has 0 fully saturated rings. The highest BCUT2D eigenvalue weighted by Gasteiger charge is 2.24. The van der Waals surface area contributed by atoms with Crippen LogP contribution in [0.25, 0.3) is 0 Å². The highest BCUT2D eigenvalue weighted by molar-refractivity contribution is 8.19. The number of rotatable bonds is 0. The number of hydrogen-bond acceptors (Lipinski definition) is 3. The van der Waals surface area contributed by atoms with Gasteiger partial charge in [-0.05, 0) is 19.1 Å². The van der Waals surface area contributed by atoms with Crippen molar-refractivity contribution >= 4 is 26.4 Å². The second kappa shape index (κ2) is 1.78. The first-order valence-electron chi connectivity index (χ1n) is 2.27. The van der Waals surface area contributed by atoms with E-state index < -0.39 is 9.84 Å². The van der Waals surface area contributed by atoms with E-state index in [4.69, 9.17) is 0 Å². The largest absolute Gasteiger partial charge is 0.342 e. The van der Waals surface area contributed by atoms with Gasteiger partial charge in [0.05, 0.1) is 4.91 Å². The van der Waals surface area contributed by atoms with E-state index in [1.165, 1.54) is 13.1 Å². The van der Waals surface area contributed by atoms with Crippen LogP contribution < -0.4 is 5.32 Å². The predicted octanol–water partition coefficient (Wildman–Crippen LogP) is 0.151. The van der Waals surface area contributed by atoms with Crippen molar-refractivity contribution in [2.24, 2.45) is 0 Å². The summed E-state index contributed by atoms with van der Waals surface area (Å²) in [6, 6.07) is 0. The van der Waals surface area contributed by atoms with Crippen LogP contribution in [0.5, 0.6) is 0 Å². The molecule has 50 valence electrons. The molecule has 0 spiro atoms. The molecule has 0 aromatic heterocycles. The van der Waals surface area contributed by atoms with Crippen molar-refractivity contribution in [3.8, 4) is 0 Å². The Bertz CT molecular complexity index is 275. The average Bonchev–Trinajstić information content (AvgIpc) is 1.96. The molecule has 0 aromatic carbocycles. The van der Waals surface area contributed by atoms with Gasteiger partial charge in [-0.3, -0.25) is 0 Å². The molecule has 1 rings (SSSR count). The smallest absolute Gasteiger partial charge is 0.229 e. The minimum atomic E-state index is -3.22. The van der Waals surface area contributed by atoms with Gasteiger partial charge in [-0.1, -0.05) is 0 Å². The van der Waals surface area contributed by atoms with E-state index in [0.717, 1.165) is 0 Å². The van der Waals surface area contributed by atoms with Crippen molar-refractivity contribution in [3.05, 3.63) is 11.1 Å². The lowest BCUT2D eigenvalue weighted by molar-refractivity contribution is 0.613. The molecule has 0 radical (unpaired) electrons. The molecule has 0 amide bonds. The van der Waals surface area contributed by atoms with Gasteiger partial charge in [-0.15, -0.1) is 0 Å². The molecule has 9 heavy (non-hydrogen) atoms. The Labute approximate surface area is 58.7 Å².